The summed E-state index contributed by atoms with van der Waals surface area (Å²) in [5, 5.41) is 13.4. The number of hydrogen-bond donors (Lipinski definition) is 1. The van der Waals surface area contributed by atoms with Gasteiger partial charge in [-0.2, -0.15) is 4.98 Å². The van der Waals surface area contributed by atoms with Crippen LogP contribution >= 0.6 is 0 Å². The number of nitro groups is 1. The molecule has 0 fully saturated rings. The lowest BCUT2D eigenvalue weighted by Crippen LogP contribution is -2.06. The maximum absolute atomic E-state index is 10.6. The van der Waals surface area contributed by atoms with Crippen molar-refractivity contribution in [2.24, 2.45) is 0 Å². The fourth-order valence-corrected chi connectivity index (χ4v) is 0.945. The number of anilines is 1. The van der Waals surface area contributed by atoms with Crippen LogP contribution in [0.25, 0.3) is 0 Å². The average molecular weight is 222 g/mol. The van der Waals surface area contributed by atoms with Crippen LogP contribution in [0.15, 0.2) is 6.20 Å². The molecule has 0 aromatic carbocycles. The van der Waals surface area contributed by atoms with E-state index in [0.29, 0.717) is 6.54 Å². The summed E-state index contributed by atoms with van der Waals surface area (Å²) in [4.78, 5) is 17.6. The van der Waals surface area contributed by atoms with E-state index in [2.05, 4.69) is 21.2 Å². The number of ether oxygens (including phenoxy) is 1. The fourth-order valence-electron chi connectivity index (χ4n) is 0.945. The molecule has 0 spiro atoms. The SMILES string of the molecule is C#CCOc1nc(NCC)ncc1[N+](=O)[O-]. The normalized spacial score (nSPS) is 9.25. The molecule has 0 aliphatic carbocycles. The zero-order valence-corrected chi connectivity index (χ0v) is 8.64. The number of aromatic nitrogens is 2. The zero-order valence-electron chi connectivity index (χ0n) is 8.64. The van der Waals surface area contributed by atoms with E-state index >= 15 is 0 Å². The highest BCUT2D eigenvalue weighted by Gasteiger charge is 2.18. The van der Waals surface area contributed by atoms with Crippen LogP contribution in [-0.2, 0) is 0 Å². The van der Waals surface area contributed by atoms with Crippen molar-refractivity contribution in [2.75, 3.05) is 18.5 Å². The summed E-state index contributed by atoms with van der Waals surface area (Å²) in [6, 6.07) is 0. The second-order valence-corrected chi connectivity index (χ2v) is 2.66. The molecule has 0 saturated heterocycles. The van der Waals surface area contributed by atoms with E-state index in [9.17, 15) is 10.1 Å². The van der Waals surface area contributed by atoms with Gasteiger partial charge in [0.25, 0.3) is 5.88 Å². The smallest absolute Gasteiger partial charge is 0.349 e. The number of terminal acetylenes is 1. The molecule has 7 heteroatoms. The van der Waals surface area contributed by atoms with Gasteiger partial charge in [-0.05, 0) is 6.92 Å². The Balaban J connectivity index is 3.01. The molecule has 7 nitrogen and oxygen atoms in total. The summed E-state index contributed by atoms with van der Waals surface area (Å²) < 4.78 is 4.97. The third-order valence-electron chi connectivity index (χ3n) is 1.56. The minimum Gasteiger partial charge on any atom is -0.460 e. The monoisotopic (exact) mass is 222 g/mol. The summed E-state index contributed by atoms with van der Waals surface area (Å²) in [7, 11) is 0. The highest BCUT2D eigenvalue weighted by Crippen LogP contribution is 2.24. The van der Waals surface area contributed by atoms with E-state index in [1.807, 2.05) is 6.92 Å². The molecule has 0 atom stereocenters. The molecule has 1 aromatic heterocycles. The van der Waals surface area contributed by atoms with Gasteiger partial charge in [-0.3, -0.25) is 10.1 Å². The Morgan fingerprint density at radius 2 is 2.50 bits per heavy atom. The largest absolute Gasteiger partial charge is 0.460 e. The molecule has 1 rings (SSSR count). The molecule has 0 radical (unpaired) electrons. The van der Waals surface area contributed by atoms with E-state index in [4.69, 9.17) is 11.2 Å². The number of hydrogen-bond acceptors (Lipinski definition) is 6. The van der Waals surface area contributed by atoms with Gasteiger partial charge in [0, 0.05) is 6.54 Å². The number of nitrogens with one attached hydrogen (secondary N) is 1. The van der Waals surface area contributed by atoms with E-state index < -0.39 is 4.92 Å². The Kier molecular flexibility index (Phi) is 4.03. The molecule has 1 N–H and O–H groups in total. The molecule has 0 aliphatic rings. The van der Waals surface area contributed by atoms with Crippen molar-refractivity contribution in [3.8, 4) is 18.2 Å². The Hall–Kier alpha value is -2.36. The van der Waals surface area contributed by atoms with Gasteiger partial charge in [-0.15, -0.1) is 6.42 Å². The van der Waals surface area contributed by atoms with Crippen molar-refractivity contribution in [1.82, 2.24) is 9.97 Å². The quantitative estimate of drug-likeness (QED) is 0.450. The molecular weight excluding hydrogens is 212 g/mol. The van der Waals surface area contributed by atoms with Gasteiger partial charge in [0.1, 0.15) is 6.20 Å². The van der Waals surface area contributed by atoms with Crippen LogP contribution in [0.2, 0.25) is 0 Å². The van der Waals surface area contributed by atoms with E-state index in [1.54, 1.807) is 0 Å². The first-order valence-electron chi connectivity index (χ1n) is 4.50. The van der Waals surface area contributed by atoms with Crippen LogP contribution in [-0.4, -0.2) is 28.0 Å². The van der Waals surface area contributed by atoms with Crippen LogP contribution in [0.4, 0.5) is 11.6 Å². The lowest BCUT2D eigenvalue weighted by molar-refractivity contribution is -0.386. The summed E-state index contributed by atoms with van der Waals surface area (Å²) in [5.41, 5.74) is -0.308. The highest BCUT2D eigenvalue weighted by molar-refractivity contribution is 5.43. The van der Waals surface area contributed by atoms with Gasteiger partial charge in [-0.25, -0.2) is 4.98 Å². The first kappa shape index (κ1) is 11.7. The van der Waals surface area contributed by atoms with Crippen molar-refractivity contribution < 1.29 is 9.66 Å². The summed E-state index contributed by atoms with van der Waals surface area (Å²) in [6.07, 6.45) is 6.08. The average Bonchev–Trinajstić information content (AvgIpc) is 2.26. The minimum absolute atomic E-state index is 0.0799. The molecule has 84 valence electrons. The van der Waals surface area contributed by atoms with Crippen LogP contribution < -0.4 is 10.1 Å². The second kappa shape index (κ2) is 5.50. The maximum Gasteiger partial charge on any atom is 0.349 e. The molecule has 0 bridgehead atoms. The molecular formula is C9H10N4O3. The van der Waals surface area contributed by atoms with Crippen molar-refractivity contribution in [1.29, 1.82) is 0 Å². The topological polar surface area (TPSA) is 90.2 Å². The molecule has 0 aliphatic heterocycles. The Labute approximate surface area is 92.0 Å². The summed E-state index contributed by atoms with van der Waals surface area (Å²) in [6.45, 7) is 2.38. The maximum atomic E-state index is 10.6. The number of rotatable bonds is 5. The molecule has 1 aromatic rings. The lowest BCUT2D eigenvalue weighted by atomic mass is 10.5. The minimum atomic E-state index is -0.623. The highest BCUT2D eigenvalue weighted by atomic mass is 16.6. The third kappa shape index (κ3) is 2.81. The molecule has 1 heterocycles. The first-order chi connectivity index (χ1) is 7.69. The van der Waals surface area contributed by atoms with Crippen molar-refractivity contribution in [3.05, 3.63) is 16.3 Å². The van der Waals surface area contributed by atoms with Gasteiger partial charge in [0.15, 0.2) is 6.61 Å². The molecule has 0 unspecified atom stereocenters. The predicted molar refractivity (Wildman–Crippen MR) is 57.2 cm³/mol. The Morgan fingerprint density at radius 1 is 1.75 bits per heavy atom. The molecule has 0 saturated carbocycles. The van der Waals surface area contributed by atoms with E-state index in [0.717, 1.165) is 6.20 Å². The van der Waals surface area contributed by atoms with Crippen LogP contribution in [0.3, 0.4) is 0 Å². The second-order valence-electron chi connectivity index (χ2n) is 2.66. The van der Waals surface area contributed by atoms with Crippen molar-refractivity contribution >= 4 is 11.6 Å². The Bertz CT molecular complexity index is 427. The van der Waals surface area contributed by atoms with Crippen molar-refractivity contribution in [2.45, 2.75) is 6.92 Å². The number of nitrogens with zero attached hydrogens (tertiary/aromatic N) is 3. The van der Waals surface area contributed by atoms with Gasteiger partial charge in [-0.1, -0.05) is 5.92 Å². The van der Waals surface area contributed by atoms with Crippen molar-refractivity contribution in [3.63, 3.8) is 0 Å². The van der Waals surface area contributed by atoms with E-state index in [1.165, 1.54) is 0 Å². The summed E-state index contributed by atoms with van der Waals surface area (Å²) >= 11 is 0. The predicted octanol–water partition coefficient (Wildman–Crippen LogP) is 0.829. The summed E-state index contributed by atoms with van der Waals surface area (Å²) in [5.74, 6) is 2.34. The van der Waals surface area contributed by atoms with Crippen LogP contribution in [0.5, 0.6) is 5.88 Å². The van der Waals surface area contributed by atoms with Crippen LogP contribution in [0, 0.1) is 22.5 Å². The van der Waals surface area contributed by atoms with E-state index in [-0.39, 0.29) is 24.1 Å². The lowest BCUT2D eigenvalue weighted by Gasteiger charge is -2.04. The van der Waals surface area contributed by atoms with Gasteiger partial charge < -0.3 is 10.1 Å². The third-order valence-corrected chi connectivity index (χ3v) is 1.56. The standard InChI is InChI=1S/C9H10N4O3/c1-3-5-16-8-7(13(14)15)6-11-9(12-8)10-4-2/h1,6H,4-5H2,2H3,(H,10,11,12). The Morgan fingerprint density at radius 3 is 3.06 bits per heavy atom. The first-order valence-corrected chi connectivity index (χ1v) is 4.50. The van der Waals surface area contributed by atoms with Gasteiger partial charge >= 0.3 is 5.69 Å². The fraction of sp³-hybridized carbons (Fsp3) is 0.333. The van der Waals surface area contributed by atoms with Gasteiger partial charge in [0.2, 0.25) is 5.95 Å². The van der Waals surface area contributed by atoms with Gasteiger partial charge in [0.05, 0.1) is 4.92 Å². The van der Waals surface area contributed by atoms with Crippen LogP contribution in [0.1, 0.15) is 6.92 Å². The molecule has 0 amide bonds. The zero-order chi connectivity index (χ0) is 12.0. The molecule has 16 heavy (non-hydrogen) atoms.